The predicted octanol–water partition coefficient (Wildman–Crippen LogP) is 1.81. The number of nitrogens with zero attached hydrogens (tertiary/aromatic N) is 1. The zero-order chi connectivity index (χ0) is 12.8. The molecule has 0 aliphatic rings. The van der Waals surface area contributed by atoms with Crippen molar-refractivity contribution in [3.8, 4) is 0 Å². The summed E-state index contributed by atoms with van der Waals surface area (Å²) in [7, 11) is 0. The van der Waals surface area contributed by atoms with Gasteiger partial charge in [0.1, 0.15) is 0 Å². The Bertz CT molecular complexity index is 301. The topological polar surface area (TPSA) is 43.7 Å². The van der Waals surface area contributed by atoms with Crippen LogP contribution in [0.1, 0.15) is 32.4 Å². The van der Waals surface area contributed by atoms with Gasteiger partial charge in [0.25, 0.3) is 0 Å². The Morgan fingerprint density at radius 1 is 0.941 bits per heavy atom. The third-order valence-corrected chi connectivity index (χ3v) is 2.83. The molecule has 0 bridgehead atoms. The van der Waals surface area contributed by atoms with Crippen LogP contribution in [0.4, 0.5) is 0 Å². The molecule has 0 saturated heterocycles. The highest BCUT2D eigenvalue weighted by Gasteiger charge is 2.18. The fraction of sp³-hybridized carbons (Fsp3) is 0.571. The van der Waals surface area contributed by atoms with E-state index in [0.717, 1.165) is 0 Å². The van der Waals surface area contributed by atoms with Crippen LogP contribution in [0.25, 0.3) is 0 Å². The molecule has 0 heterocycles. The smallest absolute Gasteiger partial charge is 0.0639 e. The van der Waals surface area contributed by atoms with Crippen molar-refractivity contribution < 1.29 is 10.2 Å². The van der Waals surface area contributed by atoms with Crippen LogP contribution >= 0.6 is 0 Å². The molecule has 0 aromatic heterocycles. The fourth-order valence-corrected chi connectivity index (χ4v) is 2.01. The van der Waals surface area contributed by atoms with Gasteiger partial charge in [-0.05, 0) is 26.3 Å². The first-order valence-corrected chi connectivity index (χ1v) is 6.15. The maximum Gasteiger partial charge on any atom is 0.0639 e. The number of aliphatic hydroxyl groups excluding tert-OH is 2. The Balaban J connectivity index is 2.75. The summed E-state index contributed by atoms with van der Waals surface area (Å²) < 4.78 is 0. The summed E-state index contributed by atoms with van der Waals surface area (Å²) in [5.41, 5.74) is 1.20. The molecular formula is C14H23NO2. The molecular weight excluding hydrogens is 214 g/mol. The maximum atomic E-state index is 9.51. The van der Waals surface area contributed by atoms with Crippen LogP contribution in [0.3, 0.4) is 0 Å². The van der Waals surface area contributed by atoms with Crippen LogP contribution in [0.5, 0.6) is 0 Å². The molecule has 0 saturated carbocycles. The van der Waals surface area contributed by atoms with Gasteiger partial charge in [0, 0.05) is 19.1 Å². The first kappa shape index (κ1) is 14.2. The van der Waals surface area contributed by atoms with Gasteiger partial charge in [-0.25, -0.2) is 0 Å². The predicted molar refractivity (Wildman–Crippen MR) is 69.8 cm³/mol. The molecule has 0 spiro atoms. The summed E-state index contributed by atoms with van der Waals surface area (Å²) in [6.45, 7) is 6.78. The van der Waals surface area contributed by atoms with Crippen molar-refractivity contribution in [2.75, 3.05) is 13.1 Å². The number of hydrogen-bond acceptors (Lipinski definition) is 3. The Hall–Kier alpha value is -0.900. The highest BCUT2D eigenvalue weighted by molar-refractivity contribution is 5.18. The van der Waals surface area contributed by atoms with E-state index in [-0.39, 0.29) is 18.2 Å². The lowest BCUT2D eigenvalue weighted by Gasteiger charge is -2.31. The Morgan fingerprint density at radius 3 is 1.82 bits per heavy atom. The number of hydrogen-bond donors (Lipinski definition) is 2. The van der Waals surface area contributed by atoms with Crippen LogP contribution in [0.15, 0.2) is 30.3 Å². The van der Waals surface area contributed by atoms with Gasteiger partial charge in [0.05, 0.1) is 12.2 Å². The highest BCUT2D eigenvalue weighted by atomic mass is 16.3. The summed E-state index contributed by atoms with van der Waals surface area (Å²) in [5.74, 6) is 0. The second-order valence-corrected chi connectivity index (χ2v) is 4.74. The van der Waals surface area contributed by atoms with E-state index in [4.69, 9.17) is 0 Å². The zero-order valence-corrected chi connectivity index (χ0v) is 10.9. The van der Waals surface area contributed by atoms with E-state index in [0.29, 0.717) is 13.1 Å². The minimum atomic E-state index is -0.389. The van der Waals surface area contributed by atoms with Crippen LogP contribution in [-0.2, 0) is 0 Å². The second-order valence-electron chi connectivity index (χ2n) is 4.74. The van der Waals surface area contributed by atoms with Crippen molar-refractivity contribution >= 4 is 0 Å². The Kier molecular flexibility index (Phi) is 5.62. The average molecular weight is 237 g/mol. The molecule has 1 aromatic rings. The van der Waals surface area contributed by atoms with Gasteiger partial charge in [-0.1, -0.05) is 30.3 Å². The molecule has 3 heteroatoms. The molecule has 96 valence electrons. The van der Waals surface area contributed by atoms with E-state index in [1.807, 2.05) is 18.2 Å². The molecule has 0 fully saturated rings. The maximum absolute atomic E-state index is 9.51. The molecule has 0 amide bonds. The second kappa shape index (κ2) is 6.74. The first-order chi connectivity index (χ1) is 8.00. The lowest BCUT2D eigenvalue weighted by molar-refractivity contribution is 0.0613. The molecule has 1 rings (SSSR count). The minimum absolute atomic E-state index is 0.195. The summed E-state index contributed by atoms with van der Waals surface area (Å²) in [6, 6.07) is 10.3. The fourth-order valence-electron chi connectivity index (χ4n) is 2.01. The minimum Gasteiger partial charge on any atom is -0.392 e. The van der Waals surface area contributed by atoms with Crippen LogP contribution < -0.4 is 0 Å². The quantitative estimate of drug-likeness (QED) is 0.793. The average Bonchev–Trinajstić information content (AvgIpc) is 2.27. The van der Waals surface area contributed by atoms with Gasteiger partial charge in [0.2, 0.25) is 0 Å². The molecule has 17 heavy (non-hydrogen) atoms. The zero-order valence-electron chi connectivity index (χ0n) is 10.9. The van der Waals surface area contributed by atoms with Gasteiger partial charge >= 0.3 is 0 Å². The number of rotatable bonds is 6. The van der Waals surface area contributed by atoms with E-state index in [1.54, 1.807) is 13.8 Å². The van der Waals surface area contributed by atoms with Crippen molar-refractivity contribution in [1.82, 2.24) is 4.90 Å². The lowest BCUT2D eigenvalue weighted by Crippen LogP contribution is -2.38. The molecule has 3 nitrogen and oxygen atoms in total. The Labute approximate surface area is 104 Å². The lowest BCUT2D eigenvalue weighted by atomic mass is 10.1. The van der Waals surface area contributed by atoms with Gasteiger partial charge in [-0.3, -0.25) is 4.90 Å². The van der Waals surface area contributed by atoms with Gasteiger partial charge in [-0.15, -0.1) is 0 Å². The van der Waals surface area contributed by atoms with Crippen molar-refractivity contribution in [2.45, 2.75) is 39.0 Å². The van der Waals surface area contributed by atoms with Gasteiger partial charge in [-0.2, -0.15) is 0 Å². The SMILES string of the molecule is C[C@H](O)CN(C[C@H](C)O)[C@@H](C)c1ccccc1. The normalized spacial score (nSPS) is 16.8. The van der Waals surface area contributed by atoms with Crippen molar-refractivity contribution in [2.24, 2.45) is 0 Å². The highest BCUT2D eigenvalue weighted by Crippen LogP contribution is 2.20. The van der Waals surface area contributed by atoms with E-state index < -0.39 is 0 Å². The first-order valence-electron chi connectivity index (χ1n) is 6.15. The monoisotopic (exact) mass is 237 g/mol. The molecule has 0 aliphatic heterocycles. The number of benzene rings is 1. The van der Waals surface area contributed by atoms with Crippen LogP contribution in [0, 0.1) is 0 Å². The largest absolute Gasteiger partial charge is 0.392 e. The van der Waals surface area contributed by atoms with Gasteiger partial charge in [0.15, 0.2) is 0 Å². The molecule has 1 aromatic carbocycles. The number of aliphatic hydroxyl groups is 2. The summed E-state index contributed by atoms with van der Waals surface area (Å²) >= 11 is 0. The molecule has 3 atom stereocenters. The Morgan fingerprint density at radius 2 is 1.41 bits per heavy atom. The van der Waals surface area contributed by atoms with Crippen molar-refractivity contribution in [3.63, 3.8) is 0 Å². The van der Waals surface area contributed by atoms with E-state index >= 15 is 0 Å². The van der Waals surface area contributed by atoms with E-state index in [9.17, 15) is 10.2 Å². The third kappa shape index (κ3) is 4.86. The third-order valence-electron chi connectivity index (χ3n) is 2.83. The van der Waals surface area contributed by atoms with Crippen molar-refractivity contribution in [1.29, 1.82) is 0 Å². The summed E-state index contributed by atoms with van der Waals surface area (Å²) in [6.07, 6.45) is -0.778. The summed E-state index contributed by atoms with van der Waals surface area (Å²) in [5, 5.41) is 19.0. The molecule has 0 unspecified atom stereocenters. The van der Waals surface area contributed by atoms with Crippen LogP contribution in [-0.4, -0.2) is 40.4 Å². The van der Waals surface area contributed by atoms with E-state index in [2.05, 4.69) is 24.0 Å². The molecule has 0 radical (unpaired) electrons. The van der Waals surface area contributed by atoms with Crippen molar-refractivity contribution in [3.05, 3.63) is 35.9 Å². The standard InChI is InChI=1S/C14H23NO2/c1-11(16)9-15(10-12(2)17)13(3)14-7-5-4-6-8-14/h4-8,11-13,16-17H,9-10H2,1-3H3/t11-,12-,13-/m0/s1. The van der Waals surface area contributed by atoms with E-state index in [1.165, 1.54) is 5.56 Å². The van der Waals surface area contributed by atoms with Crippen LogP contribution in [0.2, 0.25) is 0 Å². The summed E-state index contributed by atoms with van der Waals surface area (Å²) in [4.78, 5) is 2.10. The molecule has 2 N–H and O–H groups in total. The van der Waals surface area contributed by atoms with Gasteiger partial charge < -0.3 is 10.2 Å². The molecule has 0 aliphatic carbocycles.